The summed E-state index contributed by atoms with van der Waals surface area (Å²) in [6.07, 6.45) is 2.82. The summed E-state index contributed by atoms with van der Waals surface area (Å²) in [5.74, 6) is 0.848. The fourth-order valence-corrected chi connectivity index (χ4v) is 1.46. The number of hydrogen-bond acceptors (Lipinski definition) is 4. The fraction of sp³-hybridized carbons (Fsp3) is 0.667. The van der Waals surface area contributed by atoms with Gasteiger partial charge >= 0.3 is 0 Å². The predicted octanol–water partition coefficient (Wildman–Crippen LogP) is 2.78. The standard InChI is InChI=1S/C15H26N2O2/c1-5-8-18-9-10-19-14-6-7-16-13(11-14)12-17-15(2,3)4/h6-7,11,17H,5,8-10,12H2,1-4H3. The Morgan fingerprint density at radius 3 is 2.68 bits per heavy atom. The molecule has 0 aliphatic rings. The molecule has 0 fully saturated rings. The number of aromatic nitrogens is 1. The molecule has 0 radical (unpaired) electrons. The minimum atomic E-state index is 0.0898. The van der Waals surface area contributed by atoms with E-state index in [1.807, 2.05) is 12.1 Å². The van der Waals surface area contributed by atoms with Gasteiger partial charge < -0.3 is 14.8 Å². The van der Waals surface area contributed by atoms with Crippen molar-refractivity contribution in [3.63, 3.8) is 0 Å². The fourth-order valence-electron chi connectivity index (χ4n) is 1.46. The molecule has 4 nitrogen and oxygen atoms in total. The number of rotatable bonds is 8. The van der Waals surface area contributed by atoms with Crippen molar-refractivity contribution in [1.82, 2.24) is 10.3 Å². The molecule has 4 heteroatoms. The highest BCUT2D eigenvalue weighted by Gasteiger charge is 2.09. The van der Waals surface area contributed by atoms with Crippen molar-refractivity contribution in [2.75, 3.05) is 19.8 Å². The van der Waals surface area contributed by atoms with Crippen LogP contribution in [0.15, 0.2) is 18.3 Å². The summed E-state index contributed by atoms with van der Waals surface area (Å²) < 4.78 is 11.0. The Morgan fingerprint density at radius 1 is 1.21 bits per heavy atom. The van der Waals surface area contributed by atoms with Gasteiger partial charge in [0, 0.05) is 31.0 Å². The van der Waals surface area contributed by atoms with Gasteiger partial charge in [0.1, 0.15) is 12.4 Å². The lowest BCUT2D eigenvalue weighted by molar-refractivity contribution is 0.101. The molecule has 0 unspecified atom stereocenters. The molecule has 0 saturated carbocycles. The van der Waals surface area contributed by atoms with Crippen LogP contribution in [0.2, 0.25) is 0 Å². The van der Waals surface area contributed by atoms with Crippen LogP contribution in [0.3, 0.4) is 0 Å². The lowest BCUT2D eigenvalue weighted by Crippen LogP contribution is -2.35. The minimum absolute atomic E-state index is 0.0898. The van der Waals surface area contributed by atoms with Gasteiger partial charge in [0.15, 0.2) is 0 Å². The van der Waals surface area contributed by atoms with Gasteiger partial charge in [-0.3, -0.25) is 4.98 Å². The molecule has 0 saturated heterocycles. The third kappa shape index (κ3) is 7.80. The first-order valence-corrected chi connectivity index (χ1v) is 6.92. The van der Waals surface area contributed by atoms with Crippen molar-refractivity contribution in [1.29, 1.82) is 0 Å². The topological polar surface area (TPSA) is 43.4 Å². The van der Waals surface area contributed by atoms with Gasteiger partial charge in [-0.1, -0.05) is 6.92 Å². The van der Waals surface area contributed by atoms with Crippen molar-refractivity contribution in [3.05, 3.63) is 24.0 Å². The monoisotopic (exact) mass is 266 g/mol. The zero-order chi connectivity index (χ0) is 14.1. The molecule has 0 amide bonds. The summed E-state index contributed by atoms with van der Waals surface area (Å²) in [7, 11) is 0. The van der Waals surface area contributed by atoms with Gasteiger partial charge in [-0.25, -0.2) is 0 Å². The minimum Gasteiger partial charge on any atom is -0.491 e. The first-order chi connectivity index (χ1) is 9.01. The average Bonchev–Trinajstić information content (AvgIpc) is 2.36. The van der Waals surface area contributed by atoms with E-state index in [2.05, 4.69) is 38.0 Å². The molecule has 0 aromatic carbocycles. The Bertz CT molecular complexity index is 361. The first-order valence-electron chi connectivity index (χ1n) is 6.92. The van der Waals surface area contributed by atoms with Crippen LogP contribution < -0.4 is 10.1 Å². The maximum absolute atomic E-state index is 5.63. The van der Waals surface area contributed by atoms with Crippen LogP contribution in [0.25, 0.3) is 0 Å². The molecule has 1 heterocycles. The lowest BCUT2D eigenvalue weighted by atomic mass is 10.1. The van der Waals surface area contributed by atoms with E-state index < -0.39 is 0 Å². The molecule has 1 rings (SSSR count). The maximum atomic E-state index is 5.63. The van der Waals surface area contributed by atoms with Gasteiger partial charge in [-0.15, -0.1) is 0 Å². The molecule has 1 N–H and O–H groups in total. The van der Waals surface area contributed by atoms with E-state index in [-0.39, 0.29) is 5.54 Å². The van der Waals surface area contributed by atoms with Crippen LogP contribution >= 0.6 is 0 Å². The van der Waals surface area contributed by atoms with Gasteiger partial charge in [-0.05, 0) is 33.3 Å². The van der Waals surface area contributed by atoms with E-state index in [4.69, 9.17) is 9.47 Å². The molecular formula is C15H26N2O2. The van der Waals surface area contributed by atoms with Crippen LogP contribution in [-0.2, 0) is 11.3 Å². The van der Waals surface area contributed by atoms with Crippen LogP contribution in [-0.4, -0.2) is 30.3 Å². The number of nitrogens with one attached hydrogen (secondary N) is 1. The van der Waals surface area contributed by atoms with Crippen molar-refractivity contribution >= 4 is 0 Å². The van der Waals surface area contributed by atoms with E-state index in [0.717, 1.165) is 31.0 Å². The normalized spacial score (nSPS) is 11.6. The Kier molecular flexibility index (Phi) is 6.81. The summed E-state index contributed by atoms with van der Waals surface area (Å²) >= 11 is 0. The van der Waals surface area contributed by atoms with E-state index in [1.165, 1.54) is 0 Å². The van der Waals surface area contributed by atoms with Crippen molar-refractivity contribution in [2.45, 2.75) is 46.2 Å². The summed E-state index contributed by atoms with van der Waals surface area (Å²) in [5.41, 5.74) is 1.08. The summed E-state index contributed by atoms with van der Waals surface area (Å²) in [4.78, 5) is 4.33. The van der Waals surface area contributed by atoms with Crippen LogP contribution in [0.5, 0.6) is 5.75 Å². The quantitative estimate of drug-likeness (QED) is 0.735. The highest BCUT2D eigenvalue weighted by molar-refractivity contribution is 5.22. The largest absolute Gasteiger partial charge is 0.491 e. The molecular weight excluding hydrogens is 240 g/mol. The smallest absolute Gasteiger partial charge is 0.122 e. The number of hydrogen-bond donors (Lipinski definition) is 1. The van der Waals surface area contributed by atoms with Gasteiger partial charge in [0.2, 0.25) is 0 Å². The van der Waals surface area contributed by atoms with Crippen LogP contribution in [0.1, 0.15) is 39.8 Å². The van der Waals surface area contributed by atoms with E-state index >= 15 is 0 Å². The van der Waals surface area contributed by atoms with E-state index in [1.54, 1.807) is 6.20 Å². The third-order valence-corrected chi connectivity index (χ3v) is 2.43. The third-order valence-electron chi connectivity index (χ3n) is 2.43. The highest BCUT2D eigenvalue weighted by Crippen LogP contribution is 2.11. The lowest BCUT2D eigenvalue weighted by Gasteiger charge is -2.20. The molecule has 19 heavy (non-hydrogen) atoms. The van der Waals surface area contributed by atoms with Gasteiger partial charge in [0.25, 0.3) is 0 Å². The second kappa shape index (κ2) is 8.12. The molecule has 0 aliphatic carbocycles. The summed E-state index contributed by atoms with van der Waals surface area (Å²) in [5, 5.41) is 3.41. The summed E-state index contributed by atoms with van der Waals surface area (Å²) in [6.45, 7) is 11.3. The van der Waals surface area contributed by atoms with E-state index in [9.17, 15) is 0 Å². The summed E-state index contributed by atoms with van der Waals surface area (Å²) in [6, 6.07) is 3.85. The number of ether oxygens (including phenoxy) is 2. The first kappa shape index (κ1) is 15.9. The van der Waals surface area contributed by atoms with Gasteiger partial charge in [-0.2, -0.15) is 0 Å². The highest BCUT2D eigenvalue weighted by atomic mass is 16.5. The zero-order valence-electron chi connectivity index (χ0n) is 12.5. The number of nitrogens with zero attached hydrogens (tertiary/aromatic N) is 1. The predicted molar refractivity (Wildman–Crippen MR) is 77.4 cm³/mol. The Morgan fingerprint density at radius 2 is 2.00 bits per heavy atom. The molecule has 0 bridgehead atoms. The van der Waals surface area contributed by atoms with E-state index in [0.29, 0.717) is 13.2 Å². The average molecular weight is 266 g/mol. The zero-order valence-corrected chi connectivity index (χ0v) is 12.5. The second-order valence-corrected chi connectivity index (χ2v) is 5.55. The molecule has 0 aliphatic heterocycles. The van der Waals surface area contributed by atoms with Crippen molar-refractivity contribution < 1.29 is 9.47 Å². The number of pyridine rings is 1. The second-order valence-electron chi connectivity index (χ2n) is 5.55. The van der Waals surface area contributed by atoms with Gasteiger partial charge in [0.05, 0.1) is 12.3 Å². The SMILES string of the molecule is CCCOCCOc1ccnc(CNC(C)(C)C)c1. The Balaban J connectivity index is 2.35. The molecule has 108 valence electrons. The van der Waals surface area contributed by atoms with Crippen LogP contribution in [0.4, 0.5) is 0 Å². The molecule has 0 spiro atoms. The van der Waals surface area contributed by atoms with Crippen molar-refractivity contribution in [3.8, 4) is 5.75 Å². The van der Waals surface area contributed by atoms with Crippen molar-refractivity contribution in [2.24, 2.45) is 0 Å². The molecule has 0 atom stereocenters. The Labute approximate surface area is 116 Å². The maximum Gasteiger partial charge on any atom is 0.122 e. The Hall–Kier alpha value is -1.13. The molecule has 1 aromatic heterocycles. The molecule has 1 aromatic rings. The van der Waals surface area contributed by atoms with Crippen LogP contribution in [0, 0.1) is 0 Å².